The molecule has 0 saturated carbocycles. The molecule has 0 spiro atoms. The van der Waals surface area contributed by atoms with Gasteiger partial charge in [-0.05, 0) is 31.0 Å². The van der Waals surface area contributed by atoms with E-state index in [0.717, 1.165) is 58.1 Å². The van der Waals surface area contributed by atoms with Crippen LogP contribution in [0.1, 0.15) is 12.8 Å². The smallest absolute Gasteiger partial charge is 0.224 e. The van der Waals surface area contributed by atoms with E-state index in [9.17, 15) is 0 Å². The fraction of sp³-hybridized carbons (Fsp3) is 0.409. The van der Waals surface area contributed by atoms with Crippen LogP contribution in [0, 0.1) is 0 Å². The monoisotopic (exact) mass is 390 g/mol. The highest BCUT2D eigenvalue weighted by molar-refractivity contribution is 5.93. The molecule has 2 fully saturated rings. The van der Waals surface area contributed by atoms with Gasteiger partial charge < -0.3 is 19.9 Å². The number of hydrogen-bond acceptors (Lipinski definition) is 7. The van der Waals surface area contributed by atoms with Crippen LogP contribution in [0.2, 0.25) is 0 Å². The maximum absolute atomic E-state index is 5.45. The molecule has 4 heterocycles. The van der Waals surface area contributed by atoms with E-state index in [1.807, 2.05) is 24.7 Å². The van der Waals surface area contributed by atoms with Crippen molar-refractivity contribution in [1.29, 1.82) is 0 Å². The van der Waals surface area contributed by atoms with Gasteiger partial charge in [0.25, 0.3) is 0 Å². The van der Waals surface area contributed by atoms with Crippen LogP contribution in [-0.4, -0.2) is 60.4 Å². The molecule has 1 atom stereocenters. The van der Waals surface area contributed by atoms with E-state index in [2.05, 4.69) is 49.4 Å². The predicted octanol–water partition coefficient (Wildman–Crippen LogP) is 2.94. The van der Waals surface area contributed by atoms with Crippen LogP contribution in [0.3, 0.4) is 0 Å². The van der Waals surface area contributed by atoms with Gasteiger partial charge in [0.15, 0.2) is 0 Å². The van der Waals surface area contributed by atoms with Crippen LogP contribution < -0.4 is 15.1 Å². The van der Waals surface area contributed by atoms with Gasteiger partial charge in [-0.1, -0.05) is 12.1 Å². The maximum Gasteiger partial charge on any atom is 0.224 e. The average Bonchev–Trinajstić information content (AvgIpc) is 2.80. The molecule has 0 bridgehead atoms. The van der Waals surface area contributed by atoms with Gasteiger partial charge in [0.05, 0.1) is 13.2 Å². The topological polar surface area (TPSA) is 66.4 Å². The van der Waals surface area contributed by atoms with Crippen molar-refractivity contribution in [3.63, 3.8) is 0 Å². The first-order valence-corrected chi connectivity index (χ1v) is 10.4. The van der Waals surface area contributed by atoms with Gasteiger partial charge in [-0.15, -0.1) is 0 Å². The number of hydrogen-bond donors (Lipinski definition) is 1. The first-order chi connectivity index (χ1) is 14.4. The van der Waals surface area contributed by atoms with Crippen molar-refractivity contribution in [2.75, 3.05) is 54.5 Å². The summed E-state index contributed by atoms with van der Waals surface area (Å²) in [4.78, 5) is 18.2. The lowest BCUT2D eigenvalue weighted by atomic mass is 10.0. The number of anilines is 3. The maximum atomic E-state index is 5.45. The predicted molar refractivity (Wildman–Crippen MR) is 116 cm³/mol. The number of nitrogens with zero attached hydrogens (tertiary/aromatic N) is 5. The number of rotatable bonds is 4. The molecular formula is C22H26N6O. The Morgan fingerprint density at radius 2 is 1.93 bits per heavy atom. The third-order valence-electron chi connectivity index (χ3n) is 5.73. The van der Waals surface area contributed by atoms with Crippen LogP contribution in [0.25, 0.3) is 10.8 Å². The molecule has 0 amide bonds. The molecule has 1 N–H and O–H groups in total. The van der Waals surface area contributed by atoms with Gasteiger partial charge in [0.2, 0.25) is 5.95 Å². The number of piperidine rings is 1. The summed E-state index contributed by atoms with van der Waals surface area (Å²) in [5.41, 5.74) is 1.28. The fourth-order valence-corrected chi connectivity index (χ4v) is 4.26. The van der Waals surface area contributed by atoms with Gasteiger partial charge >= 0.3 is 0 Å². The quantitative estimate of drug-likeness (QED) is 0.735. The van der Waals surface area contributed by atoms with Crippen LogP contribution in [0.4, 0.5) is 17.5 Å². The molecule has 7 heteroatoms. The number of pyridine rings is 1. The summed E-state index contributed by atoms with van der Waals surface area (Å²) in [6.45, 7) is 5.27. The molecule has 2 aromatic heterocycles. The summed E-state index contributed by atoms with van der Waals surface area (Å²) >= 11 is 0. The minimum absolute atomic E-state index is 0.320. The highest BCUT2D eigenvalue weighted by atomic mass is 16.5. The van der Waals surface area contributed by atoms with Crippen LogP contribution in [-0.2, 0) is 4.74 Å². The zero-order valence-corrected chi connectivity index (χ0v) is 16.5. The first kappa shape index (κ1) is 18.1. The number of ether oxygens (including phenoxy) is 1. The molecule has 2 aliphatic heterocycles. The fourth-order valence-electron chi connectivity index (χ4n) is 4.26. The largest absolute Gasteiger partial charge is 0.378 e. The van der Waals surface area contributed by atoms with Crippen LogP contribution >= 0.6 is 0 Å². The Balaban J connectivity index is 1.31. The molecule has 150 valence electrons. The van der Waals surface area contributed by atoms with Crippen molar-refractivity contribution in [3.05, 3.63) is 48.9 Å². The van der Waals surface area contributed by atoms with Gasteiger partial charge in [-0.3, -0.25) is 4.98 Å². The standard InChI is InChI=1S/C22H26N6O/c1-3-17-15-23-8-6-19(17)20(5-1)28-10-2-4-18(16-28)25-22-24-9-7-21(26-22)27-11-13-29-14-12-27/h1,3,5-9,15,18H,2,4,10-14,16H2,(H,24,25,26)/t18-/m1/s1. The summed E-state index contributed by atoms with van der Waals surface area (Å²) in [5, 5.41) is 6.01. The van der Waals surface area contributed by atoms with Crippen molar-refractivity contribution >= 4 is 28.2 Å². The third-order valence-corrected chi connectivity index (χ3v) is 5.73. The minimum Gasteiger partial charge on any atom is -0.378 e. The van der Waals surface area contributed by atoms with Crippen molar-refractivity contribution in [1.82, 2.24) is 15.0 Å². The summed E-state index contributed by atoms with van der Waals surface area (Å²) < 4.78 is 5.45. The number of benzene rings is 1. The Labute approximate surface area is 170 Å². The Morgan fingerprint density at radius 3 is 2.86 bits per heavy atom. The van der Waals surface area contributed by atoms with Gasteiger partial charge in [0, 0.05) is 67.3 Å². The van der Waals surface area contributed by atoms with E-state index in [1.54, 1.807) is 0 Å². The molecule has 2 saturated heterocycles. The highest BCUT2D eigenvalue weighted by Gasteiger charge is 2.22. The zero-order chi connectivity index (χ0) is 19.5. The lowest BCUT2D eigenvalue weighted by Crippen LogP contribution is -2.42. The SMILES string of the molecule is c1cc(N2CCC[C@@H](Nc3nccc(N4CCOCC4)n3)C2)c2ccncc2c1. The Bertz CT molecular complexity index is 969. The summed E-state index contributed by atoms with van der Waals surface area (Å²) in [7, 11) is 0. The third kappa shape index (κ3) is 3.96. The number of nitrogens with one attached hydrogen (secondary N) is 1. The van der Waals surface area contributed by atoms with Gasteiger partial charge in [-0.2, -0.15) is 4.98 Å². The molecule has 3 aromatic rings. The van der Waals surface area contributed by atoms with E-state index in [4.69, 9.17) is 9.72 Å². The van der Waals surface area contributed by atoms with E-state index in [0.29, 0.717) is 12.0 Å². The average molecular weight is 390 g/mol. The van der Waals surface area contributed by atoms with Gasteiger partial charge in [-0.25, -0.2) is 4.98 Å². The summed E-state index contributed by atoms with van der Waals surface area (Å²) in [6.07, 6.45) is 7.91. The molecular weight excluding hydrogens is 364 g/mol. The number of morpholine rings is 1. The van der Waals surface area contributed by atoms with E-state index in [1.165, 1.54) is 16.5 Å². The molecule has 29 heavy (non-hydrogen) atoms. The van der Waals surface area contributed by atoms with Crippen molar-refractivity contribution < 1.29 is 4.74 Å². The second-order valence-corrected chi connectivity index (χ2v) is 7.64. The van der Waals surface area contributed by atoms with Crippen molar-refractivity contribution in [2.45, 2.75) is 18.9 Å². The first-order valence-electron chi connectivity index (χ1n) is 10.4. The number of fused-ring (bicyclic) bond motifs is 1. The molecule has 1 aromatic carbocycles. The van der Waals surface area contributed by atoms with E-state index >= 15 is 0 Å². The van der Waals surface area contributed by atoms with Crippen molar-refractivity contribution in [2.24, 2.45) is 0 Å². The molecule has 7 nitrogen and oxygen atoms in total. The van der Waals surface area contributed by atoms with Crippen molar-refractivity contribution in [3.8, 4) is 0 Å². The second kappa shape index (κ2) is 8.21. The summed E-state index contributed by atoms with van der Waals surface area (Å²) in [6, 6.07) is 10.9. The lowest BCUT2D eigenvalue weighted by Gasteiger charge is -2.35. The Morgan fingerprint density at radius 1 is 1.00 bits per heavy atom. The molecule has 0 radical (unpaired) electrons. The Hall–Kier alpha value is -2.93. The second-order valence-electron chi connectivity index (χ2n) is 7.64. The molecule has 0 aliphatic carbocycles. The minimum atomic E-state index is 0.320. The zero-order valence-electron chi connectivity index (χ0n) is 16.5. The highest BCUT2D eigenvalue weighted by Crippen LogP contribution is 2.29. The number of aromatic nitrogens is 3. The van der Waals surface area contributed by atoms with Gasteiger partial charge in [0.1, 0.15) is 5.82 Å². The lowest BCUT2D eigenvalue weighted by molar-refractivity contribution is 0.122. The Kier molecular flexibility index (Phi) is 5.13. The van der Waals surface area contributed by atoms with E-state index in [-0.39, 0.29) is 0 Å². The van der Waals surface area contributed by atoms with Crippen LogP contribution in [0.5, 0.6) is 0 Å². The molecule has 5 rings (SSSR count). The van der Waals surface area contributed by atoms with Crippen LogP contribution in [0.15, 0.2) is 48.9 Å². The summed E-state index contributed by atoms with van der Waals surface area (Å²) in [5.74, 6) is 1.68. The van der Waals surface area contributed by atoms with E-state index < -0.39 is 0 Å². The molecule has 2 aliphatic rings. The normalized spacial score (nSPS) is 20.1. The molecule has 0 unspecified atom stereocenters.